The molecule has 4 aromatic rings. The highest BCUT2D eigenvalue weighted by molar-refractivity contribution is 6.42. The quantitative estimate of drug-likeness (QED) is 0.421. The lowest BCUT2D eigenvalue weighted by Crippen LogP contribution is -2.20. The van der Waals surface area contributed by atoms with E-state index < -0.39 is 6.03 Å². The molecule has 0 aliphatic rings. The summed E-state index contributed by atoms with van der Waals surface area (Å²) >= 11 is 11.9. The van der Waals surface area contributed by atoms with Crippen LogP contribution in [-0.2, 0) is 0 Å². The van der Waals surface area contributed by atoms with Gasteiger partial charge < -0.3 is 5.32 Å². The predicted molar refractivity (Wildman–Crippen MR) is 114 cm³/mol. The van der Waals surface area contributed by atoms with Crippen molar-refractivity contribution in [2.75, 3.05) is 10.6 Å². The van der Waals surface area contributed by atoms with Gasteiger partial charge in [-0.2, -0.15) is 0 Å². The molecule has 0 unspecified atom stereocenters. The molecule has 0 bridgehead atoms. The van der Waals surface area contributed by atoms with Gasteiger partial charge in [-0.25, -0.2) is 14.8 Å². The summed E-state index contributed by atoms with van der Waals surface area (Å²) in [4.78, 5) is 21.7. The fraction of sp³-hybridized carbons (Fsp3) is 0. The molecule has 4 rings (SSSR count). The number of fused-ring (bicyclic) bond motifs is 1. The first-order chi connectivity index (χ1) is 13.6. The molecule has 0 spiro atoms. The van der Waals surface area contributed by atoms with Crippen LogP contribution in [0.15, 0.2) is 72.8 Å². The van der Waals surface area contributed by atoms with E-state index in [9.17, 15) is 4.79 Å². The van der Waals surface area contributed by atoms with Gasteiger partial charge in [0.2, 0.25) is 0 Å². The zero-order valence-electron chi connectivity index (χ0n) is 14.5. The largest absolute Gasteiger partial charge is 0.324 e. The van der Waals surface area contributed by atoms with Crippen molar-refractivity contribution in [3.63, 3.8) is 0 Å². The van der Waals surface area contributed by atoms with E-state index in [2.05, 4.69) is 20.6 Å². The summed E-state index contributed by atoms with van der Waals surface area (Å²) in [6, 6.07) is 21.5. The smallest absolute Gasteiger partial charge is 0.308 e. The van der Waals surface area contributed by atoms with E-state index in [0.29, 0.717) is 27.4 Å². The summed E-state index contributed by atoms with van der Waals surface area (Å²) in [5.74, 6) is 0.950. The first-order valence-electron chi connectivity index (χ1n) is 8.45. The van der Waals surface area contributed by atoms with Crippen molar-refractivity contribution in [3.05, 3.63) is 82.8 Å². The highest BCUT2D eigenvalue weighted by Gasteiger charge is 2.12. The van der Waals surface area contributed by atoms with Crippen LogP contribution in [0.3, 0.4) is 0 Å². The summed E-state index contributed by atoms with van der Waals surface area (Å²) in [5, 5.41) is 7.05. The molecule has 0 saturated carbocycles. The van der Waals surface area contributed by atoms with Crippen LogP contribution in [0.1, 0.15) is 0 Å². The molecule has 0 aliphatic carbocycles. The van der Waals surface area contributed by atoms with Gasteiger partial charge in [0, 0.05) is 16.6 Å². The maximum Gasteiger partial charge on any atom is 0.324 e. The summed E-state index contributed by atoms with van der Waals surface area (Å²) in [6.45, 7) is 0. The number of aromatic nitrogens is 2. The molecular formula is C21H14Cl2N4O. The molecule has 2 N–H and O–H groups in total. The van der Waals surface area contributed by atoms with Crippen LogP contribution in [0.4, 0.5) is 16.3 Å². The Morgan fingerprint density at radius 3 is 2.32 bits per heavy atom. The van der Waals surface area contributed by atoms with Crippen LogP contribution in [0.5, 0.6) is 0 Å². The average molecular weight is 409 g/mol. The van der Waals surface area contributed by atoms with Crippen molar-refractivity contribution in [1.29, 1.82) is 0 Å². The molecule has 7 heteroatoms. The molecule has 0 radical (unpaired) electrons. The fourth-order valence-electron chi connectivity index (χ4n) is 2.73. The van der Waals surface area contributed by atoms with Crippen LogP contribution >= 0.6 is 23.2 Å². The summed E-state index contributed by atoms with van der Waals surface area (Å²) in [6.07, 6.45) is 0. The van der Waals surface area contributed by atoms with Crippen molar-refractivity contribution < 1.29 is 4.79 Å². The standard InChI is InChI=1S/C21H14Cl2N4O/c22-16-11-10-14(12-17(16)23)24-21(28)27-20-15-8-4-5-9-18(15)25-19(26-20)13-6-2-1-3-7-13/h1-12H,(H2,24,25,26,27,28). The van der Waals surface area contributed by atoms with E-state index in [1.807, 2.05) is 54.6 Å². The van der Waals surface area contributed by atoms with Crippen molar-refractivity contribution in [2.24, 2.45) is 0 Å². The van der Waals surface area contributed by atoms with Crippen LogP contribution in [0.25, 0.3) is 22.3 Å². The van der Waals surface area contributed by atoms with Gasteiger partial charge in [0.25, 0.3) is 0 Å². The number of halogens is 2. The first kappa shape index (κ1) is 18.2. The third-order valence-corrected chi connectivity index (χ3v) is 4.78. The molecule has 0 fully saturated rings. The molecule has 1 aromatic heterocycles. The molecule has 1 heterocycles. The SMILES string of the molecule is O=C(Nc1ccc(Cl)c(Cl)c1)Nc1nc(-c2ccccc2)nc2ccccc12. The second-order valence-electron chi connectivity index (χ2n) is 5.99. The maximum atomic E-state index is 12.5. The Hall–Kier alpha value is -3.15. The van der Waals surface area contributed by atoms with Gasteiger partial charge in [0.1, 0.15) is 5.82 Å². The third-order valence-electron chi connectivity index (χ3n) is 4.04. The van der Waals surface area contributed by atoms with Crippen LogP contribution in [0.2, 0.25) is 10.0 Å². The maximum absolute atomic E-state index is 12.5. The van der Waals surface area contributed by atoms with Gasteiger partial charge >= 0.3 is 6.03 Å². The number of anilines is 2. The number of benzene rings is 3. The van der Waals surface area contributed by atoms with E-state index in [-0.39, 0.29) is 0 Å². The molecule has 28 heavy (non-hydrogen) atoms. The summed E-state index contributed by atoms with van der Waals surface area (Å²) < 4.78 is 0. The van der Waals surface area contributed by atoms with Crippen LogP contribution in [0, 0.1) is 0 Å². The van der Waals surface area contributed by atoms with E-state index >= 15 is 0 Å². The fourth-order valence-corrected chi connectivity index (χ4v) is 3.03. The molecule has 0 atom stereocenters. The molecule has 0 aliphatic heterocycles. The summed E-state index contributed by atoms with van der Waals surface area (Å²) in [5.41, 5.74) is 2.12. The first-order valence-corrected chi connectivity index (χ1v) is 9.21. The number of carbonyl (C=O) groups excluding carboxylic acids is 1. The minimum Gasteiger partial charge on any atom is -0.308 e. The van der Waals surface area contributed by atoms with Gasteiger partial charge in [0.05, 0.1) is 15.6 Å². The Morgan fingerprint density at radius 1 is 0.786 bits per heavy atom. The second-order valence-corrected chi connectivity index (χ2v) is 6.80. The number of rotatable bonds is 3. The number of hydrogen-bond donors (Lipinski definition) is 2. The zero-order valence-corrected chi connectivity index (χ0v) is 16.0. The number of para-hydroxylation sites is 1. The van der Waals surface area contributed by atoms with Gasteiger partial charge in [-0.1, -0.05) is 65.7 Å². The Bertz CT molecular complexity index is 1170. The number of amides is 2. The predicted octanol–water partition coefficient (Wildman–Crippen LogP) is 6.25. The number of carbonyl (C=O) groups is 1. The topological polar surface area (TPSA) is 66.9 Å². The molecular weight excluding hydrogens is 395 g/mol. The monoisotopic (exact) mass is 408 g/mol. The Kier molecular flexibility index (Phi) is 5.10. The summed E-state index contributed by atoms with van der Waals surface area (Å²) in [7, 11) is 0. The number of nitrogens with one attached hydrogen (secondary N) is 2. The lowest BCUT2D eigenvalue weighted by atomic mass is 10.2. The molecule has 5 nitrogen and oxygen atoms in total. The highest BCUT2D eigenvalue weighted by Crippen LogP contribution is 2.27. The second kappa shape index (κ2) is 7.84. The molecule has 0 saturated heterocycles. The Labute approximate surface area is 171 Å². The Balaban J connectivity index is 1.67. The lowest BCUT2D eigenvalue weighted by Gasteiger charge is -2.11. The van der Waals surface area contributed by atoms with Gasteiger partial charge in [-0.3, -0.25) is 5.32 Å². The van der Waals surface area contributed by atoms with Crippen molar-refractivity contribution in [3.8, 4) is 11.4 Å². The van der Waals surface area contributed by atoms with Gasteiger partial charge in [0.15, 0.2) is 5.82 Å². The number of urea groups is 1. The van der Waals surface area contributed by atoms with Crippen molar-refractivity contribution in [1.82, 2.24) is 9.97 Å². The van der Waals surface area contributed by atoms with Crippen molar-refractivity contribution in [2.45, 2.75) is 0 Å². The molecule has 138 valence electrons. The van der Waals surface area contributed by atoms with Crippen LogP contribution < -0.4 is 10.6 Å². The minimum absolute atomic E-state index is 0.360. The van der Waals surface area contributed by atoms with E-state index in [1.54, 1.807) is 18.2 Å². The third kappa shape index (κ3) is 3.91. The Morgan fingerprint density at radius 2 is 1.54 bits per heavy atom. The van der Waals surface area contributed by atoms with E-state index in [0.717, 1.165) is 16.5 Å². The van der Waals surface area contributed by atoms with E-state index in [1.165, 1.54) is 0 Å². The molecule has 2 amide bonds. The number of hydrogen-bond acceptors (Lipinski definition) is 3. The average Bonchev–Trinajstić information content (AvgIpc) is 2.71. The number of nitrogens with zero attached hydrogens (tertiary/aromatic N) is 2. The highest BCUT2D eigenvalue weighted by atomic mass is 35.5. The zero-order chi connectivity index (χ0) is 19.5. The molecule has 3 aromatic carbocycles. The van der Waals surface area contributed by atoms with Gasteiger partial charge in [-0.15, -0.1) is 0 Å². The lowest BCUT2D eigenvalue weighted by molar-refractivity contribution is 0.262. The minimum atomic E-state index is -0.443. The van der Waals surface area contributed by atoms with Crippen LogP contribution in [-0.4, -0.2) is 16.0 Å². The normalized spacial score (nSPS) is 10.6. The van der Waals surface area contributed by atoms with Gasteiger partial charge in [-0.05, 0) is 30.3 Å². The van der Waals surface area contributed by atoms with Crippen molar-refractivity contribution >= 4 is 51.6 Å². The van der Waals surface area contributed by atoms with E-state index in [4.69, 9.17) is 23.2 Å².